The van der Waals surface area contributed by atoms with E-state index in [0.717, 1.165) is 11.3 Å². The van der Waals surface area contributed by atoms with E-state index in [0.29, 0.717) is 11.0 Å². The molecule has 0 aliphatic carbocycles. The van der Waals surface area contributed by atoms with Gasteiger partial charge in [-0.05, 0) is 36.8 Å². The second kappa shape index (κ2) is 4.20. The van der Waals surface area contributed by atoms with Crippen molar-refractivity contribution in [1.82, 2.24) is 15.0 Å². The number of hydrogen-bond acceptors (Lipinski definition) is 3. The Balaban J connectivity index is 2.27. The molecular weight excluding hydrogens is 242 g/mol. The number of para-hydroxylation sites is 1. The first-order valence-electron chi connectivity index (χ1n) is 5.81. The van der Waals surface area contributed by atoms with Crippen LogP contribution in [0.3, 0.4) is 0 Å². The smallest absolute Gasteiger partial charge is 0.335 e. The van der Waals surface area contributed by atoms with Gasteiger partial charge in [0.2, 0.25) is 0 Å². The standard InChI is InChI=1S/C14H11N3O2/c1-9-4-2-3-5-12(9)17-13-8-10(14(18)19)6-7-11(13)15-16-17/h2-8H,1H3,(H,18,19). The highest BCUT2D eigenvalue weighted by molar-refractivity contribution is 5.92. The number of carboxylic acid groups (broad SMARTS) is 1. The molecule has 2 aromatic carbocycles. The topological polar surface area (TPSA) is 68.0 Å². The lowest BCUT2D eigenvalue weighted by Crippen LogP contribution is -2.00. The molecule has 0 unspecified atom stereocenters. The van der Waals surface area contributed by atoms with E-state index in [-0.39, 0.29) is 5.56 Å². The Labute approximate surface area is 109 Å². The summed E-state index contributed by atoms with van der Waals surface area (Å²) >= 11 is 0. The number of aryl methyl sites for hydroxylation is 1. The molecule has 0 aliphatic rings. The van der Waals surface area contributed by atoms with Crippen LogP contribution in [0.5, 0.6) is 0 Å². The summed E-state index contributed by atoms with van der Waals surface area (Å²) in [7, 11) is 0. The maximum absolute atomic E-state index is 11.0. The number of carboxylic acids is 1. The van der Waals surface area contributed by atoms with Gasteiger partial charge < -0.3 is 5.11 Å². The van der Waals surface area contributed by atoms with Gasteiger partial charge >= 0.3 is 5.97 Å². The van der Waals surface area contributed by atoms with E-state index >= 15 is 0 Å². The number of aromatic nitrogens is 3. The molecule has 94 valence electrons. The van der Waals surface area contributed by atoms with Crippen LogP contribution in [0.2, 0.25) is 0 Å². The molecule has 0 saturated carbocycles. The number of hydrogen-bond donors (Lipinski definition) is 1. The van der Waals surface area contributed by atoms with Gasteiger partial charge in [0.15, 0.2) is 0 Å². The van der Waals surface area contributed by atoms with Crippen LogP contribution in [0, 0.1) is 6.92 Å². The van der Waals surface area contributed by atoms with Gasteiger partial charge in [0.25, 0.3) is 0 Å². The van der Waals surface area contributed by atoms with Crippen molar-refractivity contribution in [3.05, 3.63) is 53.6 Å². The highest BCUT2D eigenvalue weighted by atomic mass is 16.4. The van der Waals surface area contributed by atoms with Gasteiger partial charge in [-0.1, -0.05) is 23.4 Å². The molecule has 0 radical (unpaired) electrons. The van der Waals surface area contributed by atoms with Crippen LogP contribution in [0.15, 0.2) is 42.5 Å². The maximum atomic E-state index is 11.0. The van der Waals surface area contributed by atoms with Gasteiger partial charge in [-0.3, -0.25) is 0 Å². The third-order valence-electron chi connectivity index (χ3n) is 3.04. The lowest BCUT2D eigenvalue weighted by Gasteiger charge is -2.05. The second-order valence-corrected chi connectivity index (χ2v) is 4.30. The highest BCUT2D eigenvalue weighted by Crippen LogP contribution is 2.20. The van der Waals surface area contributed by atoms with Crippen molar-refractivity contribution in [2.75, 3.05) is 0 Å². The predicted octanol–water partition coefficient (Wildman–Crippen LogP) is 2.43. The van der Waals surface area contributed by atoms with E-state index < -0.39 is 5.97 Å². The Morgan fingerprint density at radius 3 is 2.74 bits per heavy atom. The van der Waals surface area contributed by atoms with Gasteiger partial charge in [0, 0.05) is 0 Å². The number of aromatic carboxylic acids is 1. The SMILES string of the molecule is Cc1ccccc1-n1nnc2ccc(C(=O)O)cc21. The van der Waals surface area contributed by atoms with E-state index in [1.807, 2.05) is 31.2 Å². The first-order chi connectivity index (χ1) is 9.16. The Morgan fingerprint density at radius 1 is 1.21 bits per heavy atom. The van der Waals surface area contributed by atoms with Crippen molar-refractivity contribution in [2.24, 2.45) is 0 Å². The zero-order valence-corrected chi connectivity index (χ0v) is 10.2. The van der Waals surface area contributed by atoms with Crippen LogP contribution >= 0.6 is 0 Å². The monoisotopic (exact) mass is 253 g/mol. The molecule has 3 aromatic rings. The van der Waals surface area contributed by atoms with E-state index in [4.69, 9.17) is 5.11 Å². The molecule has 0 bridgehead atoms. The van der Waals surface area contributed by atoms with E-state index in [9.17, 15) is 4.79 Å². The molecule has 0 saturated heterocycles. The van der Waals surface area contributed by atoms with Crippen molar-refractivity contribution in [3.8, 4) is 5.69 Å². The van der Waals surface area contributed by atoms with Crippen molar-refractivity contribution < 1.29 is 9.90 Å². The van der Waals surface area contributed by atoms with E-state index in [2.05, 4.69) is 10.3 Å². The summed E-state index contributed by atoms with van der Waals surface area (Å²) < 4.78 is 1.66. The van der Waals surface area contributed by atoms with Crippen LogP contribution in [0.4, 0.5) is 0 Å². The number of carbonyl (C=O) groups is 1. The van der Waals surface area contributed by atoms with Crippen molar-refractivity contribution in [2.45, 2.75) is 6.92 Å². The number of fused-ring (bicyclic) bond motifs is 1. The van der Waals surface area contributed by atoms with Crippen LogP contribution in [-0.2, 0) is 0 Å². The first-order valence-corrected chi connectivity index (χ1v) is 5.81. The fourth-order valence-corrected chi connectivity index (χ4v) is 2.03. The molecule has 5 heteroatoms. The zero-order chi connectivity index (χ0) is 13.4. The minimum Gasteiger partial charge on any atom is -0.478 e. The minimum atomic E-state index is -0.959. The molecule has 0 spiro atoms. The molecule has 0 fully saturated rings. The molecule has 1 heterocycles. The van der Waals surface area contributed by atoms with Crippen molar-refractivity contribution in [1.29, 1.82) is 0 Å². The normalized spacial score (nSPS) is 10.8. The Bertz CT molecular complexity index is 777. The lowest BCUT2D eigenvalue weighted by atomic mass is 10.1. The summed E-state index contributed by atoms with van der Waals surface area (Å²) in [5.74, 6) is -0.959. The van der Waals surface area contributed by atoms with Gasteiger partial charge in [-0.15, -0.1) is 5.10 Å². The number of rotatable bonds is 2. The second-order valence-electron chi connectivity index (χ2n) is 4.30. The lowest BCUT2D eigenvalue weighted by molar-refractivity contribution is 0.0697. The Kier molecular flexibility index (Phi) is 2.52. The molecule has 1 aromatic heterocycles. The van der Waals surface area contributed by atoms with Gasteiger partial charge in [0.1, 0.15) is 5.52 Å². The summed E-state index contributed by atoms with van der Waals surface area (Å²) in [4.78, 5) is 11.0. The van der Waals surface area contributed by atoms with Crippen LogP contribution in [0.25, 0.3) is 16.7 Å². The van der Waals surface area contributed by atoms with Gasteiger partial charge in [-0.2, -0.15) is 0 Å². The fraction of sp³-hybridized carbons (Fsp3) is 0.0714. The minimum absolute atomic E-state index is 0.227. The van der Waals surface area contributed by atoms with Gasteiger partial charge in [-0.25, -0.2) is 9.48 Å². The third-order valence-corrected chi connectivity index (χ3v) is 3.04. The Hall–Kier alpha value is -2.69. The number of benzene rings is 2. The zero-order valence-electron chi connectivity index (χ0n) is 10.2. The first kappa shape index (κ1) is 11.4. The Morgan fingerprint density at radius 2 is 2.00 bits per heavy atom. The molecule has 0 aliphatic heterocycles. The maximum Gasteiger partial charge on any atom is 0.335 e. The average Bonchev–Trinajstić information content (AvgIpc) is 2.82. The average molecular weight is 253 g/mol. The van der Waals surface area contributed by atoms with Crippen molar-refractivity contribution in [3.63, 3.8) is 0 Å². The quantitative estimate of drug-likeness (QED) is 0.761. The van der Waals surface area contributed by atoms with E-state index in [1.165, 1.54) is 6.07 Å². The largest absolute Gasteiger partial charge is 0.478 e. The van der Waals surface area contributed by atoms with Crippen molar-refractivity contribution >= 4 is 17.0 Å². The van der Waals surface area contributed by atoms with Gasteiger partial charge in [0.05, 0.1) is 16.8 Å². The summed E-state index contributed by atoms with van der Waals surface area (Å²) in [6.45, 7) is 1.98. The van der Waals surface area contributed by atoms with E-state index in [1.54, 1.807) is 16.8 Å². The summed E-state index contributed by atoms with van der Waals surface area (Å²) in [6, 6.07) is 12.5. The highest BCUT2D eigenvalue weighted by Gasteiger charge is 2.11. The molecule has 5 nitrogen and oxygen atoms in total. The molecule has 3 rings (SSSR count). The predicted molar refractivity (Wildman–Crippen MR) is 70.6 cm³/mol. The molecule has 0 atom stereocenters. The van der Waals surface area contributed by atoms with Crippen LogP contribution in [-0.4, -0.2) is 26.1 Å². The van der Waals surface area contributed by atoms with Crippen LogP contribution < -0.4 is 0 Å². The summed E-state index contributed by atoms with van der Waals surface area (Å²) in [5, 5.41) is 17.2. The molecule has 0 amide bonds. The third kappa shape index (κ3) is 1.85. The molecular formula is C14H11N3O2. The summed E-state index contributed by atoms with van der Waals surface area (Å²) in [6.07, 6.45) is 0. The molecule has 1 N–H and O–H groups in total. The fourth-order valence-electron chi connectivity index (χ4n) is 2.03. The van der Waals surface area contributed by atoms with Crippen LogP contribution in [0.1, 0.15) is 15.9 Å². The summed E-state index contributed by atoms with van der Waals surface area (Å²) in [5.41, 5.74) is 3.54. The number of nitrogens with zero attached hydrogens (tertiary/aromatic N) is 3. The molecule has 19 heavy (non-hydrogen) atoms.